The van der Waals surface area contributed by atoms with Crippen LogP contribution in [0.25, 0.3) is 0 Å². The van der Waals surface area contributed by atoms with Crippen LogP contribution in [0.1, 0.15) is 32.1 Å². The maximum Gasteiger partial charge on any atom is 0.238 e. The Bertz CT molecular complexity index is 739. The molecule has 0 radical (unpaired) electrons. The number of nitrogens with one attached hydrogen (secondary N) is 1. The first-order valence-electron chi connectivity index (χ1n) is 8.08. The van der Waals surface area contributed by atoms with Crippen LogP contribution in [0.5, 0.6) is 0 Å². The molecule has 3 rings (SSSR count). The molecule has 1 saturated carbocycles. The van der Waals surface area contributed by atoms with Gasteiger partial charge in [0.1, 0.15) is 0 Å². The van der Waals surface area contributed by atoms with Crippen molar-refractivity contribution in [1.29, 1.82) is 0 Å². The number of sulfonamides is 1. The van der Waals surface area contributed by atoms with Crippen molar-refractivity contribution >= 4 is 27.5 Å². The zero-order valence-electron chi connectivity index (χ0n) is 13.3. The summed E-state index contributed by atoms with van der Waals surface area (Å²) in [6.07, 6.45) is 4.56. The van der Waals surface area contributed by atoms with Crippen molar-refractivity contribution in [1.82, 2.24) is 4.90 Å². The van der Waals surface area contributed by atoms with Gasteiger partial charge in [0.05, 0.1) is 10.8 Å². The van der Waals surface area contributed by atoms with E-state index >= 15 is 0 Å². The minimum absolute atomic E-state index is 0.0102. The number of hydrogen-bond acceptors (Lipinski definition) is 4. The Hall–Kier alpha value is -1.93. The highest BCUT2D eigenvalue weighted by Crippen LogP contribution is 2.30. The highest BCUT2D eigenvalue weighted by molar-refractivity contribution is 7.89. The van der Waals surface area contributed by atoms with Crippen molar-refractivity contribution in [3.05, 3.63) is 24.3 Å². The van der Waals surface area contributed by atoms with E-state index in [9.17, 15) is 18.0 Å². The summed E-state index contributed by atoms with van der Waals surface area (Å²) >= 11 is 0. The van der Waals surface area contributed by atoms with E-state index in [-0.39, 0.29) is 35.1 Å². The normalized spacial score (nSPS) is 22.1. The topological polar surface area (TPSA) is 110 Å². The molecule has 1 heterocycles. The molecule has 0 spiro atoms. The van der Waals surface area contributed by atoms with Crippen LogP contribution < -0.4 is 10.5 Å². The van der Waals surface area contributed by atoms with E-state index in [1.54, 1.807) is 0 Å². The second-order valence-corrected chi connectivity index (χ2v) is 8.01. The van der Waals surface area contributed by atoms with Gasteiger partial charge in [0.2, 0.25) is 21.8 Å². The highest BCUT2D eigenvalue weighted by atomic mass is 32.2. The first-order chi connectivity index (χ1) is 11.3. The predicted molar refractivity (Wildman–Crippen MR) is 88.5 cm³/mol. The molecule has 8 heteroatoms. The van der Waals surface area contributed by atoms with E-state index in [2.05, 4.69) is 5.32 Å². The highest BCUT2D eigenvalue weighted by Gasteiger charge is 2.38. The Morgan fingerprint density at radius 3 is 2.38 bits per heavy atom. The third kappa shape index (κ3) is 3.59. The van der Waals surface area contributed by atoms with Crippen LogP contribution in [0.3, 0.4) is 0 Å². The fourth-order valence-electron chi connectivity index (χ4n) is 3.45. The van der Waals surface area contributed by atoms with Gasteiger partial charge in [-0.1, -0.05) is 12.8 Å². The summed E-state index contributed by atoms with van der Waals surface area (Å²) in [4.78, 5) is 26.4. The number of nitrogens with two attached hydrogens (primary N) is 1. The largest absolute Gasteiger partial charge is 0.339 e. The number of primary sulfonamides is 1. The molecule has 2 amide bonds. The smallest absolute Gasteiger partial charge is 0.238 e. The molecule has 3 N–H and O–H groups in total. The van der Waals surface area contributed by atoms with Gasteiger partial charge in [0, 0.05) is 24.7 Å². The second-order valence-electron chi connectivity index (χ2n) is 6.44. The zero-order chi connectivity index (χ0) is 17.3. The quantitative estimate of drug-likeness (QED) is 0.845. The van der Waals surface area contributed by atoms with Crippen molar-refractivity contribution in [2.45, 2.75) is 43.0 Å². The minimum atomic E-state index is -3.75. The molecule has 24 heavy (non-hydrogen) atoms. The van der Waals surface area contributed by atoms with E-state index < -0.39 is 10.0 Å². The number of carbonyl (C=O) groups is 2. The molecule has 1 aliphatic carbocycles. The lowest BCUT2D eigenvalue weighted by atomic mass is 10.1. The van der Waals surface area contributed by atoms with Crippen LogP contribution in [0.15, 0.2) is 29.2 Å². The predicted octanol–water partition coefficient (Wildman–Crippen LogP) is 1.06. The van der Waals surface area contributed by atoms with Crippen LogP contribution in [0.2, 0.25) is 0 Å². The van der Waals surface area contributed by atoms with Gasteiger partial charge in [-0.05, 0) is 37.1 Å². The average Bonchev–Trinajstić information content (AvgIpc) is 3.16. The molecule has 2 aliphatic rings. The van der Waals surface area contributed by atoms with Gasteiger partial charge in [-0.2, -0.15) is 0 Å². The Balaban J connectivity index is 1.62. The first-order valence-corrected chi connectivity index (χ1v) is 9.62. The van der Waals surface area contributed by atoms with Gasteiger partial charge in [-0.25, -0.2) is 13.6 Å². The first kappa shape index (κ1) is 16.9. The third-order valence-electron chi connectivity index (χ3n) is 4.75. The Labute approximate surface area is 141 Å². The second kappa shape index (κ2) is 6.52. The zero-order valence-corrected chi connectivity index (χ0v) is 14.1. The molecule has 1 aliphatic heterocycles. The molecule has 0 bridgehead atoms. The molecule has 0 aromatic heterocycles. The lowest BCUT2D eigenvalue weighted by molar-refractivity contribution is -0.129. The maximum absolute atomic E-state index is 12.4. The van der Waals surface area contributed by atoms with E-state index in [0.717, 1.165) is 25.7 Å². The number of rotatable bonds is 4. The fraction of sp³-hybridized carbons (Fsp3) is 0.500. The Morgan fingerprint density at radius 2 is 1.79 bits per heavy atom. The molecule has 7 nitrogen and oxygen atoms in total. The SMILES string of the molecule is NS(=O)(=O)c1ccc(NC(=O)[C@H]2CC(=O)N(C3CCCC3)C2)cc1. The van der Waals surface area contributed by atoms with Crippen molar-refractivity contribution in [3.8, 4) is 0 Å². The summed E-state index contributed by atoms with van der Waals surface area (Å²) in [5.41, 5.74) is 0.485. The summed E-state index contributed by atoms with van der Waals surface area (Å²) in [6, 6.07) is 5.95. The van der Waals surface area contributed by atoms with E-state index in [1.807, 2.05) is 4.90 Å². The summed E-state index contributed by atoms with van der Waals surface area (Å²) in [7, 11) is -3.75. The van der Waals surface area contributed by atoms with E-state index in [1.165, 1.54) is 24.3 Å². The molecular formula is C16H21N3O4S. The molecule has 130 valence electrons. The van der Waals surface area contributed by atoms with Crippen molar-refractivity contribution in [2.75, 3.05) is 11.9 Å². The number of carbonyl (C=O) groups excluding carboxylic acids is 2. The van der Waals surface area contributed by atoms with Crippen molar-refractivity contribution in [3.63, 3.8) is 0 Å². The molecular weight excluding hydrogens is 330 g/mol. The van der Waals surface area contributed by atoms with Crippen molar-refractivity contribution in [2.24, 2.45) is 11.1 Å². The number of nitrogens with zero attached hydrogens (tertiary/aromatic N) is 1. The molecule has 1 aromatic rings. The van der Waals surface area contributed by atoms with Crippen LogP contribution in [0.4, 0.5) is 5.69 Å². The van der Waals surface area contributed by atoms with Gasteiger partial charge in [-0.3, -0.25) is 9.59 Å². The summed E-state index contributed by atoms with van der Waals surface area (Å²) in [5.74, 6) is -0.533. The maximum atomic E-state index is 12.4. The number of likely N-dealkylation sites (tertiary alicyclic amines) is 1. The van der Waals surface area contributed by atoms with Crippen LogP contribution in [-0.2, 0) is 19.6 Å². The lowest BCUT2D eigenvalue weighted by Gasteiger charge is -2.23. The van der Waals surface area contributed by atoms with Gasteiger partial charge < -0.3 is 10.2 Å². The summed E-state index contributed by atoms with van der Waals surface area (Å²) < 4.78 is 22.4. The van der Waals surface area contributed by atoms with Gasteiger partial charge >= 0.3 is 0 Å². The molecule has 2 fully saturated rings. The van der Waals surface area contributed by atoms with E-state index in [0.29, 0.717) is 12.2 Å². The molecule has 1 saturated heterocycles. The van der Waals surface area contributed by atoms with Crippen LogP contribution >= 0.6 is 0 Å². The number of anilines is 1. The monoisotopic (exact) mass is 351 g/mol. The standard InChI is InChI=1S/C16H21N3O4S/c17-24(22,23)14-7-5-12(6-8-14)18-16(21)11-9-15(20)19(10-11)13-3-1-2-4-13/h5-8,11,13H,1-4,9-10H2,(H,18,21)(H2,17,22,23)/t11-/m0/s1. The molecule has 1 aromatic carbocycles. The summed E-state index contributed by atoms with van der Waals surface area (Å²) in [5, 5.41) is 7.78. The van der Waals surface area contributed by atoms with Gasteiger partial charge in [0.15, 0.2) is 0 Å². The van der Waals surface area contributed by atoms with Crippen LogP contribution in [-0.4, -0.2) is 37.7 Å². The number of amides is 2. The average molecular weight is 351 g/mol. The fourth-order valence-corrected chi connectivity index (χ4v) is 3.96. The number of benzene rings is 1. The van der Waals surface area contributed by atoms with E-state index in [4.69, 9.17) is 5.14 Å². The molecule has 0 unspecified atom stereocenters. The minimum Gasteiger partial charge on any atom is -0.339 e. The number of hydrogen-bond donors (Lipinski definition) is 2. The summed E-state index contributed by atoms with van der Waals surface area (Å²) in [6.45, 7) is 0.463. The Morgan fingerprint density at radius 1 is 1.17 bits per heavy atom. The van der Waals surface area contributed by atoms with Crippen LogP contribution in [0, 0.1) is 5.92 Å². The third-order valence-corrected chi connectivity index (χ3v) is 5.67. The Kier molecular flexibility index (Phi) is 4.60. The lowest BCUT2D eigenvalue weighted by Crippen LogP contribution is -2.35. The molecule has 1 atom stereocenters. The van der Waals surface area contributed by atoms with Crippen molar-refractivity contribution < 1.29 is 18.0 Å². The van der Waals surface area contributed by atoms with Gasteiger partial charge in [-0.15, -0.1) is 0 Å². The van der Waals surface area contributed by atoms with Gasteiger partial charge in [0.25, 0.3) is 0 Å².